The summed E-state index contributed by atoms with van der Waals surface area (Å²) < 4.78 is 19.4. The lowest BCUT2D eigenvalue weighted by atomic mass is 9.80. The number of carbonyl (C=O) groups excluding carboxylic acids is 1. The van der Waals surface area contributed by atoms with Crippen LogP contribution in [0.3, 0.4) is 0 Å². The molecule has 0 saturated carbocycles. The van der Waals surface area contributed by atoms with Crippen molar-refractivity contribution in [3.63, 3.8) is 0 Å². The molecule has 1 saturated heterocycles. The SMILES string of the molecule is O=C(OCc1ccccc1)N1CCN(CC(COC(c2ccccc2)(c2ccccc2)c2ccccc2)OCc2ccccc2)CC1. The Balaban J connectivity index is 1.19. The molecular weight excluding hydrogens is 584 g/mol. The fourth-order valence-electron chi connectivity index (χ4n) is 6.14. The average Bonchev–Trinajstić information content (AvgIpc) is 3.15. The largest absolute Gasteiger partial charge is 0.445 e. The minimum absolute atomic E-state index is 0.220. The molecule has 6 heteroatoms. The summed E-state index contributed by atoms with van der Waals surface area (Å²) in [6, 6.07) is 51.3. The highest BCUT2D eigenvalue weighted by molar-refractivity contribution is 5.67. The van der Waals surface area contributed by atoms with E-state index in [2.05, 4.69) is 89.8 Å². The van der Waals surface area contributed by atoms with Gasteiger partial charge in [-0.1, -0.05) is 152 Å². The highest BCUT2D eigenvalue weighted by Gasteiger charge is 2.38. The third-order valence-corrected chi connectivity index (χ3v) is 8.65. The zero-order valence-corrected chi connectivity index (χ0v) is 26.7. The normalized spacial score (nSPS) is 14.4. The molecule has 0 spiro atoms. The first-order chi connectivity index (χ1) is 23.2. The van der Waals surface area contributed by atoms with E-state index in [0.29, 0.717) is 32.8 Å². The smallest absolute Gasteiger partial charge is 0.410 e. The van der Waals surface area contributed by atoms with Crippen molar-refractivity contribution in [2.24, 2.45) is 0 Å². The van der Waals surface area contributed by atoms with Gasteiger partial charge in [0.1, 0.15) is 12.2 Å². The van der Waals surface area contributed by atoms with Gasteiger partial charge in [-0.15, -0.1) is 0 Å². The van der Waals surface area contributed by atoms with Crippen molar-refractivity contribution in [1.82, 2.24) is 9.80 Å². The Morgan fingerprint density at radius 1 is 0.574 bits per heavy atom. The van der Waals surface area contributed by atoms with E-state index in [9.17, 15) is 4.79 Å². The first-order valence-electron chi connectivity index (χ1n) is 16.3. The molecule has 1 unspecified atom stereocenters. The molecule has 5 aromatic carbocycles. The molecule has 6 nitrogen and oxygen atoms in total. The first-order valence-corrected chi connectivity index (χ1v) is 16.3. The quantitative estimate of drug-likeness (QED) is 0.127. The van der Waals surface area contributed by atoms with E-state index >= 15 is 0 Å². The van der Waals surface area contributed by atoms with Gasteiger partial charge < -0.3 is 19.1 Å². The summed E-state index contributed by atoms with van der Waals surface area (Å²) in [5, 5.41) is 0. The summed E-state index contributed by atoms with van der Waals surface area (Å²) in [5.41, 5.74) is 4.43. The molecule has 1 heterocycles. The molecule has 0 bridgehead atoms. The van der Waals surface area contributed by atoms with Crippen LogP contribution in [0.4, 0.5) is 4.79 Å². The molecule has 1 aliphatic heterocycles. The molecule has 1 atom stereocenters. The predicted molar refractivity (Wildman–Crippen MR) is 185 cm³/mol. The second kappa shape index (κ2) is 16.2. The molecule has 0 radical (unpaired) electrons. The van der Waals surface area contributed by atoms with Crippen LogP contribution in [0.5, 0.6) is 0 Å². The molecule has 1 amide bonds. The second-order valence-corrected chi connectivity index (χ2v) is 11.8. The molecule has 47 heavy (non-hydrogen) atoms. The van der Waals surface area contributed by atoms with Gasteiger partial charge >= 0.3 is 6.09 Å². The van der Waals surface area contributed by atoms with Gasteiger partial charge in [-0.25, -0.2) is 4.79 Å². The van der Waals surface area contributed by atoms with Crippen LogP contribution in [0, 0.1) is 0 Å². The van der Waals surface area contributed by atoms with Crippen molar-refractivity contribution in [3.05, 3.63) is 179 Å². The third-order valence-electron chi connectivity index (χ3n) is 8.65. The summed E-state index contributed by atoms with van der Waals surface area (Å²) in [7, 11) is 0. The van der Waals surface area contributed by atoms with Crippen molar-refractivity contribution in [2.45, 2.75) is 24.9 Å². The Labute approximate surface area is 278 Å². The lowest BCUT2D eigenvalue weighted by molar-refractivity contribution is -0.0816. The maximum Gasteiger partial charge on any atom is 0.410 e. The van der Waals surface area contributed by atoms with Crippen molar-refractivity contribution in [3.8, 4) is 0 Å². The van der Waals surface area contributed by atoms with Gasteiger partial charge in [0.15, 0.2) is 0 Å². The first kappa shape index (κ1) is 32.2. The average molecular weight is 627 g/mol. The van der Waals surface area contributed by atoms with Crippen LogP contribution in [0.15, 0.2) is 152 Å². The van der Waals surface area contributed by atoms with E-state index in [1.807, 2.05) is 66.7 Å². The Morgan fingerprint density at radius 2 is 1.00 bits per heavy atom. The molecule has 6 rings (SSSR count). The fraction of sp³-hybridized carbons (Fsp3) is 0.244. The summed E-state index contributed by atoms with van der Waals surface area (Å²) in [6.45, 7) is 4.46. The molecule has 240 valence electrons. The zero-order valence-electron chi connectivity index (χ0n) is 26.7. The van der Waals surface area contributed by atoms with Crippen molar-refractivity contribution < 1.29 is 19.0 Å². The van der Waals surface area contributed by atoms with Crippen LogP contribution in [-0.2, 0) is 33.0 Å². The van der Waals surface area contributed by atoms with Gasteiger partial charge in [-0.2, -0.15) is 0 Å². The maximum absolute atomic E-state index is 12.8. The predicted octanol–water partition coefficient (Wildman–Crippen LogP) is 7.53. The molecule has 0 aromatic heterocycles. The van der Waals surface area contributed by atoms with E-state index in [0.717, 1.165) is 40.9 Å². The lowest BCUT2D eigenvalue weighted by Gasteiger charge is -2.39. The molecular formula is C41H42N2O4. The Morgan fingerprint density at radius 3 is 1.47 bits per heavy atom. The third kappa shape index (κ3) is 8.35. The Kier molecular flexibility index (Phi) is 11.1. The fourth-order valence-corrected chi connectivity index (χ4v) is 6.14. The van der Waals surface area contributed by atoms with Crippen LogP contribution in [0.1, 0.15) is 27.8 Å². The number of hydrogen-bond donors (Lipinski definition) is 0. The van der Waals surface area contributed by atoms with Crippen molar-refractivity contribution in [2.75, 3.05) is 39.3 Å². The van der Waals surface area contributed by atoms with Crippen LogP contribution in [0.25, 0.3) is 0 Å². The van der Waals surface area contributed by atoms with Crippen molar-refractivity contribution >= 4 is 6.09 Å². The van der Waals surface area contributed by atoms with Gasteiger partial charge in [0.2, 0.25) is 0 Å². The molecule has 0 aliphatic carbocycles. The minimum Gasteiger partial charge on any atom is -0.445 e. The number of piperazine rings is 1. The Bertz CT molecular complexity index is 1530. The highest BCUT2D eigenvalue weighted by Crippen LogP contribution is 2.40. The van der Waals surface area contributed by atoms with Crippen LogP contribution in [0.2, 0.25) is 0 Å². The van der Waals surface area contributed by atoms with E-state index in [1.165, 1.54) is 0 Å². The summed E-state index contributed by atoms with van der Waals surface area (Å²) in [5.74, 6) is 0. The monoisotopic (exact) mass is 626 g/mol. The number of carbonyl (C=O) groups is 1. The topological polar surface area (TPSA) is 51.2 Å². The summed E-state index contributed by atoms with van der Waals surface area (Å²) >= 11 is 0. The van der Waals surface area contributed by atoms with E-state index in [1.54, 1.807) is 4.90 Å². The van der Waals surface area contributed by atoms with Crippen LogP contribution >= 0.6 is 0 Å². The number of amides is 1. The van der Waals surface area contributed by atoms with Gasteiger partial charge in [0.25, 0.3) is 0 Å². The number of ether oxygens (including phenoxy) is 3. The van der Waals surface area contributed by atoms with Crippen molar-refractivity contribution in [1.29, 1.82) is 0 Å². The maximum atomic E-state index is 12.8. The molecule has 1 aliphatic rings. The van der Waals surface area contributed by atoms with Gasteiger partial charge in [0.05, 0.1) is 19.3 Å². The van der Waals surface area contributed by atoms with Gasteiger partial charge in [-0.3, -0.25) is 4.90 Å². The molecule has 1 fully saturated rings. The number of benzene rings is 5. The zero-order chi connectivity index (χ0) is 32.2. The van der Waals surface area contributed by atoms with E-state index in [-0.39, 0.29) is 18.8 Å². The summed E-state index contributed by atoms with van der Waals surface area (Å²) in [6.07, 6.45) is -0.491. The minimum atomic E-state index is -0.834. The van der Waals surface area contributed by atoms with E-state index in [4.69, 9.17) is 14.2 Å². The number of hydrogen-bond acceptors (Lipinski definition) is 5. The van der Waals surface area contributed by atoms with E-state index < -0.39 is 5.60 Å². The number of nitrogens with zero attached hydrogens (tertiary/aromatic N) is 2. The highest BCUT2D eigenvalue weighted by atomic mass is 16.6. The van der Waals surface area contributed by atoms with Crippen LogP contribution < -0.4 is 0 Å². The van der Waals surface area contributed by atoms with Gasteiger partial charge in [0, 0.05) is 32.7 Å². The summed E-state index contributed by atoms with van der Waals surface area (Å²) in [4.78, 5) is 17.0. The van der Waals surface area contributed by atoms with Gasteiger partial charge in [-0.05, 0) is 27.8 Å². The van der Waals surface area contributed by atoms with Crippen LogP contribution in [-0.4, -0.2) is 61.3 Å². The standard InChI is InChI=1S/C41H42N2O4/c44-40(46-32-35-18-8-2-9-19-35)43-28-26-42(27-29-43)30-39(45-31-34-16-6-1-7-17-34)33-47-41(36-20-10-3-11-21-36,37-22-12-4-13-23-37)38-24-14-5-15-25-38/h1-25,39H,26-33H2. The molecule has 0 N–H and O–H groups in total. The second-order valence-electron chi connectivity index (χ2n) is 11.8. The lowest BCUT2D eigenvalue weighted by Crippen LogP contribution is -2.51. The molecule has 5 aromatic rings. The Hall–Kier alpha value is -4.75. The number of rotatable bonds is 13.